The van der Waals surface area contributed by atoms with Gasteiger partial charge in [0.1, 0.15) is 6.61 Å². The Morgan fingerprint density at radius 3 is 2.79 bits per heavy atom. The molecule has 0 bridgehead atoms. The van der Waals surface area contributed by atoms with Crippen LogP contribution < -0.4 is 9.47 Å². The van der Waals surface area contributed by atoms with Gasteiger partial charge in [0.25, 0.3) is 0 Å². The Morgan fingerprint density at radius 2 is 2.21 bits per heavy atom. The molecule has 0 aliphatic heterocycles. The molecular formula is C11H11ClO2. The molecule has 0 amide bonds. The maximum Gasteiger partial charge on any atom is 0.181 e. The summed E-state index contributed by atoms with van der Waals surface area (Å²) in [5.74, 6) is 3.47. The zero-order valence-corrected chi connectivity index (χ0v) is 8.89. The van der Waals surface area contributed by atoms with Crippen LogP contribution >= 0.6 is 11.6 Å². The Kier molecular flexibility index (Phi) is 3.67. The molecule has 0 saturated heterocycles. The van der Waals surface area contributed by atoms with Gasteiger partial charge in [-0.3, -0.25) is 0 Å². The van der Waals surface area contributed by atoms with Crippen LogP contribution in [0.15, 0.2) is 12.1 Å². The van der Waals surface area contributed by atoms with Crippen LogP contribution in [0.1, 0.15) is 5.56 Å². The van der Waals surface area contributed by atoms with Gasteiger partial charge in [-0.05, 0) is 24.6 Å². The molecule has 0 spiro atoms. The van der Waals surface area contributed by atoms with Crippen LogP contribution in [-0.4, -0.2) is 13.7 Å². The average molecular weight is 211 g/mol. The summed E-state index contributed by atoms with van der Waals surface area (Å²) in [5.41, 5.74) is 1.01. The summed E-state index contributed by atoms with van der Waals surface area (Å²) in [6, 6.07) is 3.65. The molecule has 1 aromatic carbocycles. The van der Waals surface area contributed by atoms with E-state index in [9.17, 15) is 0 Å². The molecule has 0 radical (unpaired) electrons. The number of aryl methyl sites for hydroxylation is 1. The maximum absolute atomic E-state index is 5.98. The van der Waals surface area contributed by atoms with Crippen LogP contribution in [0.4, 0.5) is 0 Å². The summed E-state index contributed by atoms with van der Waals surface area (Å²) >= 11 is 5.98. The number of rotatable bonds is 3. The lowest BCUT2D eigenvalue weighted by atomic mass is 10.2. The van der Waals surface area contributed by atoms with Crippen molar-refractivity contribution in [2.45, 2.75) is 6.92 Å². The molecule has 0 aliphatic carbocycles. The molecule has 0 heterocycles. The van der Waals surface area contributed by atoms with E-state index in [0.717, 1.165) is 5.56 Å². The van der Waals surface area contributed by atoms with Gasteiger partial charge in [0, 0.05) is 0 Å². The topological polar surface area (TPSA) is 18.5 Å². The minimum atomic E-state index is 0.180. The van der Waals surface area contributed by atoms with Crippen molar-refractivity contribution in [1.29, 1.82) is 0 Å². The minimum absolute atomic E-state index is 0.180. The van der Waals surface area contributed by atoms with Crippen molar-refractivity contribution >= 4 is 11.6 Å². The van der Waals surface area contributed by atoms with Crippen molar-refractivity contribution in [3.8, 4) is 23.8 Å². The molecule has 0 unspecified atom stereocenters. The van der Waals surface area contributed by atoms with Gasteiger partial charge in [0.15, 0.2) is 11.5 Å². The fourth-order valence-electron chi connectivity index (χ4n) is 1.10. The predicted molar refractivity (Wildman–Crippen MR) is 57.1 cm³/mol. The van der Waals surface area contributed by atoms with E-state index < -0.39 is 0 Å². The second-order valence-corrected chi connectivity index (χ2v) is 3.18. The predicted octanol–water partition coefficient (Wildman–Crippen LogP) is 2.67. The zero-order valence-electron chi connectivity index (χ0n) is 8.13. The molecule has 0 saturated carbocycles. The molecule has 0 N–H and O–H groups in total. The van der Waals surface area contributed by atoms with Crippen LogP contribution in [0.5, 0.6) is 11.5 Å². The molecule has 14 heavy (non-hydrogen) atoms. The summed E-state index contributed by atoms with van der Waals surface area (Å²) in [5, 5.41) is 0.511. The fraction of sp³-hybridized carbons (Fsp3) is 0.273. The Hall–Kier alpha value is -1.33. The maximum atomic E-state index is 5.98. The standard InChI is InChI=1S/C11H11ClO2/c1-4-5-14-11-9(12)6-8(2)7-10(11)13-3/h1,6-7H,5H2,2-3H3. The lowest BCUT2D eigenvalue weighted by Crippen LogP contribution is -1.97. The smallest absolute Gasteiger partial charge is 0.181 e. The van der Waals surface area contributed by atoms with Crippen molar-refractivity contribution in [3.05, 3.63) is 22.7 Å². The first-order valence-electron chi connectivity index (χ1n) is 4.09. The summed E-state index contributed by atoms with van der Waals surface area (Å²) < 4.78 is 10.4. The molecule has 1 aromatic rings. The molecule has 3 heteroatoms. The first-order chi connectivity index (χ1) is 6.69. The number of benzene rings is 1. The molecule has 74 valence electrons. The number of hydrogen-bond donors (Lipinski definition) is 0. The summed E-state index contributed by atoms with van der Waals surface area (Å²) in [4.78, 5) is 0. The van der Waals surface area contributed by atoms with Gasteiger partial charge >= 0.3 is 0 Å². The normalized spacial score (nSPS) is 9.29. The van der Waals surface area contributed by atoms with E-state index in [-0.39, 0.29) is 6.61 Å². The second kappa shape index (κ2) is 4.78. The Bertz CT molecular complexity index is 366. The van der Waals surface area contributed by atoms with E-state index in [1.807, 2.05) is 13.0 Å². The third-order valence-corrected chi connectivity index (χ3v) is 1.95. The van der Waals surface area contributed by atoms with Gasteiger partial charge < -0.3 is 9.47 Å². The van der Waals surface area contributed by atoms with Crippen LogP contribution in [0.25, 0.3) is 0 Å². The Balaban J connectivity index is 3.06. The highest BCUT2D eigenvalue weighted by molar-refractivity contribution is 6.32. The third kappa shape index (κ3) is 2.34. The first kappa shape index (κ1) is 10.7. The molecule has 1 rings (SSSR count). The van der Waals surface area contributed by atoms with E-state index in [1.54, 1.807) is 13.2 Å². The monoisotopic (exact) mass is 210 g/mol. The van der Waals surface area contributed by atoms with Gasteiger partial charge in [-0.25, -0.2) is 0 Å². The van der Waals surface area contributed by atoms with E-state index in [0.29, 0.717) is 16.5 Å². The van der Waals surface area contributed by atoms with Crippen molar-refractivity contribution in [3.63, 3.8) is 0 Å². The van der Waals surface area contributed by atoms with Gasteiger partial charge in [0.2, 0.25) is 0 Å². The van der Waals surface area contributed by atoms with Crippen LogP contribution in [0.3, 0.4) is 0 Å². The summed E-state index contributed by atoms with van der Waals surface area (Å²) in [6.07, 6.45) is 5.09. The van der Waals surface area contributed by atoms with Crippen molar-refractivity contribution in [2.75, 3.05) is 13.7 Å². The van der Waals surface area contributed by atoms with Crippen LogP contribution in [-0.2, 0) is 0 Å². The van der Waals surface area contributed by atoms with E-state index in [2.05, 4.69) is 5.92 Å². The number of terminal acetylenes is 1. The van der Waals surface area contributed by atoms with E-state index in [1.165, 1.54) is 0 Å². The van der Waals surface area contributed by atoms with Crippen molar-refractivity contribution in [1.82, 2.24) is 0 Å². The van der Waals surface area contributed by atoms with Gasteiger partial charge in [-0.2, -0.15) is 0 Å². The SMILES string of the molecule is C#CCOc1c(Cl)cc(C)cc1OC. The number of methoxy groups -OCH3 is 1. The largest absolute Gasteiger partial charge is 0.493 e. The van der Waals surface area contributed by atoms with Crippen LogP contribution in [0.2, 0.25) is 5.02 Å². The van der Waals surface area contributed by atoms with Gasteiger partial charge in [-0.15, -0.1) is 6.42 Å². The quantitative estimate of drug-likeness (QED) is 0.715. The molecule has 0 fully saturated rings. The molecule has 2 nitrogen and oxygen atoms in total. The van der Waals surface area contributed by atoms with Crippen molar-refractivity contribution < 1.29 is 9.47 Å². The third-order valence-electron chi connectivity index (χ3n) is 1.67. The van der Waals surface area contributed by atoms with Gasteiger partial charge in [-0.1, -0.05) is 17.5 Å². The summed E-state index contributed by atoms with van der Waals surface area (Å²) in [7, 11) is 1.56. The second-order valence-electron chi connectivity index (χ2n) is 2.77. The number of hydrogen-bond acceptors (Lipinski definition) is 2. The first-order valence-corrected chi connectivity index (χ1v) is 4.47. The lowest BCUT2D eigenvalue weighted by molar-refractivity contribution is 0.331. The minimum Gasteiger partial charge on any atom is -0.493 e. The van der Waals surface area contributed by atoms with Crippen LogP contribution in [0, 0.1) is 19.3 Å². The van der Waals surface area contributed by atoms with Crippen molar-refractivity contribution in [2.24, 2.45) is 0 Å². The number of halogens is 1. The highest BCUT2D eigenvalue weighted by atomic mass is 35.5. The highest BCUT2D eigenvalue weighted by Crippen LogP contribution is 2.35. The molecular weight excluding hydrogens is 200 g/mol. The lowest BCUT2D eigenvalue weighted by Gasteiger charge is -2.11. The average Bonchev–Trinajstić information content (AvgIpc) is 2.15. The molecule has 0 atom stereocenters. The van der Waals surface area contributed by atoms with E-state index >= 15 is 0 Å². The fourth-order valence-corrected chi connectivity index (χ4v) is 1.42. The Labute approximate surface area is 88.8 Å². The zero-order chi connectivity index (χ0) is 10.6. The Morgan fingerprint density at radius 1 is 1.50 bits per heavy atom. The summed E-state index contributed by atoms with van der Waals surface area (Å²) in [6.45, 7) is 2.11. The van der Waals surface area contributed by atoms with Gasteiger partial charge in [0.05, 0.1) is 12.1 Å². The highest BCUT2D eigenvalue weighted by Gasteiger charge is 2.09. The molecule has 0 aliphatic rings. The number of ether oxygens (including phenoxy) is 2. The molecule has 0 aromatic heterocycles. The van der Waals surface area contributed by atoms with E-state index in [4.69, 9.17) is 27.5 Å².